The van der Waals surface area contributed by atoms with Crippen LogP contribution in [0.4, 0.5) is 0 Å². The van der Waals surface area contributed by atoms with Crippen molar-refractivity contribution in [2.75, 3.05) is 0 Å². The maximum atomic E-state index is 13.0. The zero-order valence-electron chi connectivity index (χ0n) is 12.5. The first kappa shape index (κ1) is 15.8. The number of hydrogen-bond donors (Lipinski definition) is 2. The minimum absolute atomic E-state index is 0.00694. The Morgan fingerprint density at radius 2 is 1.79 bits per heavy atom. The molecule has 3 N–H and O–H groups in total. The largest absolute Gasteiger partial charge is 0.409 e. The summed E-state index contributed by atoms with van der Waals surface area (Å²) >= 11 is 0. The van der Waals surface area contributed by atoms with Gasteiger partial charge in [-0.05, 0) is 46.0 Å². The zero-order valence-corrected chi connectivity index (χ0v) is 12.5. The Kier molecular flexibility index (Phi) is 5.20. The maximum Gasteiger partial charge on any atom is 0.236 e. The van der Waals surface area contributed by atoms with E-state index in [-0.39, 0.29) is 23.8 Å². The van der Waals surface area contributed by atoms with E-state index in [2.05, 4.69) is 19.0 Å². The SMILES string of the molecule is CCC(CC)(C(=O)N1C(C)CCCC1C)C(N)=NO. The summed E-state index contributed by atoms with van der Waals surface area (Å²) in [5.74, 6) is 0.0416. The normalized spacial score (nSPS) is 25.5. The fourth-order valence-corrected chi connectivity index (χ4v) is 3.19. The van der Waals surface area contributed by atoms with Crippen molar-refractivity contribution in [3.63, 3.8) is 0 Å². The highest BCUT2D eigenvalue weighted by Gasteiger charge is 2.45. The molecule has 5 nitrogen and oxygen atoms in total. The van der Waals surface area contributed by atoms with Gasteiger partial charge in [-0.2, -0.15) is 0 Å². The second-order valence-electron chi connectivity index (χ2n) is 5.62. The highest BCUT2D eigenvalue weighted by molar-refractivity contribution is 6.06. The molecule has 1 heterocycles. The Labute approximate surface area is 115 Å². The summed E-state index contributed by atoms with van der Waals surface area (Å²) in [4.78, 5) is 14.9. The predicted molar refractivity (Wildman–Crippen MR) is 76.0 cm³/mol. The summed E-state index contributed by atoms with van der Waals surface area (Å²) in [5.41, 5.74) is 4.96. The Morgan fingerprint density at radius 3 is 2.16 bits per heavy atom. The van der Waals surface area contributed by atoms with Crippen LogP contribution >= 0.6 is 0 Å². The summed E-state index contributed by atoms with van der Waals surface area (Å²) in [6, 6.07) is 0.445. The lowest BCUT2D eigenvalue weighted by molar-refractivity contribution is -0.145. The smallest absolute Gasteiger partial charge is 0.236 e. The van der Waals surface area contributed by atoms with E-state index in [0.29, 0.717) is 12.8 Å². The van der Waals surface area contributed by atoms with Crippen LogP contribution in [0.2, 0.25) is 0 Å². The van der Waals surface area contributed by atoms with E-state index in [0.717, 1.165) is 19.3 Å². The van der Waals surface area contributed by atoms with Gasteiger partial charge in [-0.25, -0.2) is 0 Å². The number of carbonyl (C=O) groups excluding carboxylic acids is 1. The van der Waals surface area contributed by atoms with Crippen LogP contribution in [0.25, 0.3) is 0 Å². The molecule has 0 bridgehead atoms. The molecule has 1 fully saturated rings. The van der Waals surface area contributed by atoms with E-state index in [1.807, 2.05) is 18.7 Å². The fraction of sp³-hybridized carbons (Fsp3) is 0.857. The molecule has 1 amide bonds. The van der Waals surface area contributed by atoms with Gasteiger partial charge >= 0.3 is 0 Å². The van der Waals surface area contributed by atoms with E-state index < -0.39 is 5.41 Å². The van der Waals surface area contributed by atoms with Gasteiger partial charge in [0, 0.05) is 12.1 Å². The third-order valence-electron chi connectivity index (χ3n) is 4.64. The first-order chi connectivity index (χ1) is 8.94. The molecule has 1 rings (SSSR count). The maximum absolute atomic E-state index is 13.0. The summed E-state index contributed by atoms with van der Waals surface area (Å²) in [6.07, 6.45) is 4.30. The van der Waals surface area contributed by atoms with Gasteiger partial charge in [-0.1, -0.05) is 19.0 Å². The first-order valence-electron chi connectivity index (χ1n) is 7.25. The van der Waals surface area contributed by atoms with Gasteiger partial charge in [-0.3, -0.25) is 4.79 Å². The molecule has 0 aliphatic carbocycles. The molecule has 0 aromatic carbocycles. The summed E-state index contributed by atoms with van der Waals surface area (Å²) in [5, 5.41) is 12.1. The number of rotatable bonds is 4. The fourth-order valence-electron chi connectivity index (χ4n) is 3.19. The van der Waals surface area contributed by atoms with E-state index in [9.17, 15) is 4.79 Å². The molecule has 1 saturated heterocycles. The Balaban J connectivity index is 3.12. The van der Waals surface area contributed by atoms with E-state index in [1.165, 1.54) is 0 Å². The van der Waals surface area contributed by atoms with Gasteiger partial charge in [0.25, 0.3) is 0 Å². The van der Waals surface area contributed by atoms with Gasteiger partial charge in [-0.15, -0.1) is 0 Å². The Bertz CT molecular complexity index is 341. The first-order valence-corrected chi connectivity index (χ1v) is 7.25. The quantitative estimate of drug-likeness (QED) is 0.356. The molecule has 0 aromatic heterocycles. The zero-order chi connectivity index (χ0) is 14.6. The molecule has 0 aromatic rings. The molecular weight excluding hydrogens is 242 g/mol. The number of likely N-dealkylation sites (tertiary alicyclic amines) is 1. The molecule has 0 radical (unpaired) electrons. The molecule has 19 heavy (non-hydrogen) atoms. The van der Waals surface area contributed by atoms with Gasteiger partial charge in [0.1, 0.15) is 5.41 Å². The van der Waals surface area contributed by atoms with Crippen LogP contribution in [0, 0.1) is 5.41 Å². The topological polar surface area (TPSA) is 78.9 Å². The van der Waals surface area contributed by atoms with Crippen LogP contribution in [0.3, 0.4) is 0 Å². The standard InChI is InChI=1S/C14H27N3O2/c1-5-14(6-2,12(15)16-19)13(18)17-10(3)8-7-9-11(17)4/h10-11,19H,5-9H2,1-4H3,(H2,15,16). The second-order valence-corrected chi connectivity index (χ2v) is 5.62. The molecule has 0 saturated carbocycles. The predicted octanol–water partition coefficient (Wildman–Crippen LogP) is 2.33. The minimum atomic E-state index is -0.866. The lowest BCUT2D eigenvalue weighted by Gasteiger charge is -2.44. The summed E-state index contributed by atoms with van der Waals surface area (Å²) < 4.78 is 0. The number of carbonyl (C=O) groups is 1. The highest BCUT2D eigenvalue weighted by Crippen LogP contribution is 2.34. The lowest BCUT2D eigenvalue weighted by atomic mass is 9.78. The molecule has 1 aliphatic rings. The second kappa shape index (κ2) is 6.26. The monoisotopic (exact) mass is 269 g/mol. The number of piperidine rings is 1. The van der Waals surface area contributed by atoms with Crippen molar-refractivity contribution in [1.82, 2.24) is 4.90 Å². The number of nitrogens with zero attached hydrogens (tertiary/aromatic N) is 2. The van der Waals surface area contributed by atoms with Gasteiger partial charge < -0.3 is 15.8 Å². The molecular formula is C14H27N3O2. The van der Waals surface area contributed by atoms with Crippen molar-refractivity contribution in [2.45, 2.75) is 71.9 Å². The highest BCUT2D eigenvalue weighted by atomic mass is 16.4. The van der Waals surface area contributed by atoms with Crippen molar-refractivity contribution in [3.8, 4) is 0 Å². The van der Waals surface area contributed by atoms with Crippen molar-refractivity contribution >= 4 is 11.7 Å². The number of oxime groups is 1. The van der Waals surface area contributed by atoms with Gasteiger partial charge in [0.2, 0.25) is 5.91 Å². The van der Waals surface area contributed by atoms with Crippen molar-refractivity contribution in [2.24, 2.45) is 16.3 Å². The molecule has 1 aliphatic heterocycles. The lowest BCUT2D eigenvalue weighted by Crippen LogP contribution is -2.57. The molecule has 2 unspecified atom stereocenters. The third-order valence-corrected chi connectivity index (χ3v) is 4.64. The van der Waals surface area contributed by atoms with Crippen LogP contribution < -0.4 is 5.73 Å². The van der Waals surface area contributed by atoms with Crippen LogP contribution in [-0.4, -0.2) is 33.9 Å². The Morgan fingerprint density at radius 1 is 1.32 bits per heavy atom. The molecule has 5 heteroatoms. The molecule has 2 atom stereocenters. The van der Waals surface area contributed by atoms with Crippen LogP contribution in [0.5, 0.6) is 0 Å². The van der Waals surface area contributed by atoms with E-state index in [1.54, 1.807) is 0 Å². The van der Waals surface area contributed by atoms with E-state index >= 15 is 0 Å². The van der Waals surface area contributed by atoms with Crippen LogP contribution in [0.1, 0.15) is 59.8 Å². The number of hydrogen-bond acceptors (Lipinski definition) is 3. The average Bonchev–Trinajstić information content (AvgIpc) is 2.40. The van der Waals surface area contributed by atoms with Crippen molar-refractivity contribution in [1.29, 1.82) is 0 Å². The number of amides is 1. The number of amidine groups is 1. The van der Waals surface area contributed by atoms with Crippen molar-refractivity contribution in [3.05, 3.63) is 0 Å². The molecule has 110 valence electrons. The van der Waals surface area contributed by atoms with Crippen LogP contribution in [0.15, 0.2) is 5.16 Å². The van der Waals surface area contributed by atoms with Crippen molar-refractivity contribution < 1.29 is 10.0 Å². The summed E-state index contributed by atoms with van der Waals surface area (Å²) in [6.45, 7) is 7.99. The number of nitrogens with two attached hydrogens (primary N) is 1. The third kappa shape index (κ3) is 2.69. The Hall–Kier alpha value is -1.26. The van der Waals surface area contributed by atoms with Gasteiger partial charge in [0.05, 0.1) is 0 Å². The molecule has 0 spiro atoms. The minimum Gasteiger partial charge on any atom is -0.409 e. The van der Waals surface area contributed by atoms with Gasteiger partial charge in [0.15, 0.2) is 5.84 Å². The van der Waals surface area contributed by atoms with E-state index in [4.69, 9.17) is 10.9 Å². The van der Waals surface area contributed by atoms with Crippen LogP contribution in [-0.2, 0) is 4.79 Å². The average molecular weight is 269 g/mol. The summed E-state index contributed by atoms with van der Waals surface area (Å²) in [7, 11) is 0.